The topological polar surface area (TPSA) is 158 Å². The fraction of sp³-hybridized carbons (Fsp3) is 0.500. The Morgan fingerprint density at radius 1 is 1.02 bits per heavy atom. The minimum absolute atomic E-state index is 0.0982. The van der Waals surface area contributed by atoms with Gasteiger partial charge in [-0.1, -0.05) is 64.8 Å². The third-order valence-corrected chi connectivity index (χ3v) is 11.4. The first kappa shape index (κ1) is 32.0. The highest BCUT2D eigenvalue weighted by molar-refractivity contribution is 6.23. The summed E-state index contributed by atoms with van der Waals surface area (Å²) in [6.45, 7) is 8.00. The van der Waals surface area contributed by atoms with Crippen LogP contribution in [0.3, 0.4) is 0 Å². The smallest absolute Gasteiger partial charge is 0.255 e. The Morgan fingerprint density at radius 3 is 2.35 bits per heavy atom. The lowest BCUT2D eigenvalue weighted by Crippen LogP contribution is -2.62. The van der Waals surface area contributed by atoms with Gasteiger partial charge in [-0.3, -0.25) is 14.4 Å². The standard InChI is InChI=1S/C38H45NO7/c1-5-21-10-11-22(15-23(21)14-20-8-6-19(4)7-9-20)25-12-13-28(40)31-26(25)16-24-17-27-29(18(2)3)33(41)32(37(39)45)36(44)38(27,46)35(43)30(24)34(31)42/h10-13,15,18-20,24,27,29,40,42,44,46H,5-9,14,16-17H2,1-4H3,(H2,39,45)/t19?,20?,24-,27-,29-,38-/m0/s1. The van der Waals surface area contributed by atoms with Gasteiger partial charge in [0.1, 0.15) is 22.8 Å². The number of hydrogen-bond acceptors (Lipinski definition) is 7. The van der Waals surface area contributed by atoms with Crippen molar-refractivity contribution in [2.45, 2.75) is 84.7 Å². The highest BCUT2D eigenvalue weighted by Gasteiger charge is 2.64. The number of carbonyl (C=O) groups excluding carboxylic acids is 3. The zero-order valence-electron chi connectivity index (χ0n) is 27.1. The van der Waals surface area contributed by atoms with Crippen LogP contribution in [0, 0.1) is 35.5 Å². The lowest BCUT2D eigenvalue weighted by molar-refractivity contribution is -0.155. The Bertz CT molecular complexity index is 1690. The number of carbonyl (C=O) groups is 3. The van der Waals surface area contributed by atoms with E-state index in [-0.39, 0.29) is 35.6 Å². The van der Waals surface area contributed by atoms with E-state index in [2.05, 4.69) is 32.0 Å². The van der Waals surface area contributed by atoms with Gasteiger partial charge in [0, 0.05) is 17.4 Å². The summed E-state index contributed by atoms with van der Waals surface area (Å²) in [6.07, 6.45) is 7.24. The van der Waals surface area contributed by atoms with Crippen LogP contribution in [0.1, 0.15) is 82.1 Å². The normalized spacial score (nSPS) is 29.5. The summed E-state index contributed by atoms with van der Waals surface area (Å²) in [4.78, 5) is 39.9. The number of nitrogens with two attached hydrogens (primary N) is 1. The number of aliphatic hydroxyl groups excluding tert-OH is 2. The number of benzene rings is 2. The Kier molecular flexibility index (Phi) is 8.16. The second kappa shape index (κ2) is 11.7. The quantitative estimate of drug-likeness (QED) is 0.249. The molecule has 0 aliphatic heterocycles. The van der Waals surface area contributed by atoms with Gasteiger partial charge in [0.15, 0.2) is 11.4 Å². The summed E-state index contributed by atoms with van der Waals surface area (Å²) in [6, 6.07) is 9.81. The number of amides is 1. The molecule has 2 saturated carbocycles. The van der Waals surface area contributed by atoms with Crippen molar-refractivity contribution >= 4 is 23.2 Å². The van der Waals surface area contributed by atoms with Crippen LogP contribution in [0.5, 0.6) is 5.75 Å². The van der Waals surface area contributed by atoms with Crippen LogP contribution in [0.25, 0.3) is 16.9 Å². The average Bonchev–Trinajstić information content (AvgIpc) is 3.00. The number of primary amides is 1. The molecule has 8 heteroatoms. The van der Waals surface area contributed by atoms with Gasteiger partial charge < -0.3 is 26.2 Å². The molecule has 2 aromatic rings. The monoisotopic (exact) mass is 627 g/mol. The number of phenolic OH excluding ortho intramolecular Hbond substituents is 1. The maximum absolute atomic E-state index is 14.2. The summed E-state index contributed by atoms with van der Waals surface area (Å²) in [5.74, 6) is -6.17. The largest absolute Gasteiger partial charge is 0.508 e. The fourth-order valence-corrected chi connectivity index (χ4v) is 8.93. The molecule has 0 spiro atoms. The second-order valence-electron chi connectivity index (χ2n) is 14.5. The molecule has 6 N–H and O–H groups in total. The molecule has 4 atom stereocenters. The van der Waals surface area contributed by atoms with Gasteiger partial charge in [-0.05, 0) is 96.1 Å². The van der Waals surface area contributed by atoms with Gasteiger partial charge in [0.2, 0.25) is 5.78 Å². The van der Waals surface area contributed by atoms with Gasteiger partial charge in [-0.15, -0.1) is 0 Å². The fourth-order valence-electron chi connectivity index (χ4n) is 8.93. The molecule has 4 aliphatic carbocycles. The molecule has 0 heterocycles. The van der Waals surface area contributed by atoms with Crippen molar-refractivity contribution in [1.82, 2.24) is 0 Å². The van der Waals surface area contributed by atoms with E-state index in [1.165, 1.54) is 42.9 Å². The van der Waals surface area contributed by atoms with Crippen molar-refractivity contribution in [3.63, 3.8) is 0 Å². The predicted molar refractivity (Wildman–Crippen MR) is 175 cm³/mol. The van der Waals surface area contributed by atoms with E-state index in [1.807, 2.05) is 6.07 Å². The predicted octanol–water partition coefficient (Wildman–Crippen LogP) is 5.90. The van der Waals surface area contributed by atoms with Crippen molar-refractivity contribution in [1.29, 1.82) is 0 Å². The zero-order chi connectivity index (χ0) is 33.2. The number of phenols is 1. The van der Waals surface area contributed by atoms with E-state index in [0.717, 1.165) is 29.9 Å². The molecule has 2 aromatic carbocycles. The highest BCUT2D eigenvalue weighted by Crippen LogP contribution is 2.55. The van der Waals surface area contributed by atoms with Crippen molar-refractivity contribution in [3.05, 3.63) is 69.5 Å². The van der Waals surface area contributed by atoms with Gasteiger partial charge in [-0.2, -0.15) is 0 Å². The van der Waals surface area contributed by atoms with E-state index < -0.39 is 57.9 Å². The van der Waals surface area contributed by atoms with Gasteiger partial charge in [0.25, 0.3) is 5.91 Å². The molecule has 0 bridgehead atoms. The summed E-state index contributed by atoms with van der Waals surface area (Å²) in [5, 5.41) is 45.7. The SMILES string of the molecule is CCc1ccc(-c2ccc(O)c3c2C[C@H]2C[C@H]4[C@H](C(C)C)C(=O)C(C(N)=O)=C(O)[C@@]4(O)C(=O)C2=C3O)cc1CC1CCC(C)CC1. The molecular formula is C38H45NO7. The van der Waals surface area contributed by atoms with Crippen molar-refractivity contribution in [2.75, 3.05) is 0 Å². The minimum atomic E-state index is -2.61. The van der Waals surface area contributed by atoms with Crippen LogP contribution in [0.4, 0.5) is 0 Å². The maximum atomic E-state index is 14.2. The average molecular weight is 628 g/mol. The van der Waals surface area contributed by atoms with Crippen LogP contribution in [0.2, 0.25) is 0 Å². The Hall–Kier alpha value is -3.91. The van der Waals surface area contributed by atoms with Crippen LogP contribution in [-0.2, 0) is 33.6 Å². The molecule has 0 aromatic heterocycles. The third-order valence-electron chi connectivity index (χ3n) is 11.4. The molecular weight excluding hydrogens is 582 g/mol. The van der Waals surface area contributed by atoms with E-state index >= 15 is 0 Å². The number of aromatic hydroxyl groups is 1. The molecule has 244 valence electrons. The van der Waals surface area contributed by atoms with E-state index in [9.17, 15) is 34.8 Å². The molecule has 0 radical (unpaired) electrons. The summed E-state index contributed by atoms with van der Waals surface area (Å²) in [7, 11) is 0. The lowest BCUT2D eigenvalue weighted by Gasteiger charge is -2.50. The number of Topliss-reactive ketones (excluding diaryl/α,β-unsaturated/α-hetero) is 2. The number of aryl methyl sites for hydroxylation is 1. The molecule has 6 rings (SSSR count). The second-order valence-corrected chi connectivity index (χ2v) is 14.5. The molecule has 4 aliphatic rings. The molecule has 1 amide bonds. The van der Waals surface area contributed by atoms with Crippen LogP contribution < -0.4 is 5.73 Å². The molecule has 8 nitrogen and oxygen atoms in total. The summed E-state index contributed by atoms with van der Waals surface area (Å²) < 4.78 is 0. The van der Waals surface area contributed by atoms with Gasteiger partial charge in [-0.25, -0.2) is 0 Å². The summed E-state index contributed by atoms with van der Waals surface area (Å²) >= 11 is 0. The van der Waals surface area contributed by atoms with Crippen LogP contribution in [-0.4, -0.2) is 43.5 Å². The Balaban J connectivity index is 1.46. The van der Waals surface area contributed by atoms with Gasteiger partial charge in [0.05, 0.1) is 5.56 Å². The Morgan fingerprint density at radius 2 is 1.72 bits per heavy atom. The number of ketones is 2. The van der Waals surface area contributed by atoms with Crippen molar-refractivity contribution in [2.24, 2.45) is 41.2 Å². The van der Waals surface area contributed by atoms with Crippen molar-refractivity contribution in [3.8, 4) is 16.9 Å². The third kappa shape index (κ3) is 4.88. The summed E-state index contributed by atoms with van der Waals surface area (Å²) in [5.41, 5.74) is 7.15. The van der Waals surface area contributed by atoms with Crippen LogP contribution >= 0.6 is 0 Å². The highest BCUT2D eigenvalue weighted by atomic mass is 16.3. The first-order valence-corrected chi connectivity index (χ1v) is 16.7. The van der Waals surface area contributed by atoms with Gasteiger partial charge >= 0.3 is 0 Å². The lowest BCUT2D eigenvalue weighted by atomic mass is 9.54. The number of rotatable bonds is 6. The van der Waals surface area contributed by atoms with Crippen LogP contribution in [0.15, 0.2) is 47.2 Å². The molecule has 0 saturated heterocycles. The number of hydrogen-bond donors (Lipinski definition) is 5. The van der Waals surface area contributed by atoms with Crippen molar-refractivity contribution < 1.29 is 34.8 Å². The van der Waals surface area contributed by atoms with E-state index in [1.54, 1.807) is 13.8 Å². The Labute approximate surface area is 270 Å². The number of fused-ring (bicyclic) bond motifs is 3. The first-order chi connectivity index (χ1) is 21.8. The minimum Gasteiger partial charge on any atom is -0.508 e. The van der Waals surface area contributed by atoms with E-state index in [0.29, 0.717) is 11.5 Å². The molecule has 46 heavy (non-hydrogen) atoms. The van der Waals surface area contributed by atoms with E-state index in [4.69, 9.17) is 5.73 Å². The first-order valence-electron chi connectivity index (χ1n) is 16.7. The number of aliphatic hydroxyl groups is 3. The zero-order valence-corrected chi connectivity index (χ0v) is 27.1. The maximum Gasteiger partial charge on any atom is 0.255 e. The molecule has 0 unspecified atom stereocenters. The molecule has 2 fully saturated rings.